The Kier molecular flexibility index (Phi) is 7.23. The van der Waals surface area contributed by atoms with Crippen LogP contribution in [-0.2, 0) is 9.59 Å². The zero-order valence-electron chi connectivity index (χ0n) is 20.8. The summed E-state index contributed by atoms with van der Waals surface area (Å²) in [5.41, 5.74) is 2.86. The van der Waals surface area contributed by atoms with Gasteiger partial charge in [-0.3, -0.25) is 9.59 Å². The molecule has 2 N–H and O–H groups in total. The van der Waals surface area contributed by atoms with E-state index in [9.17, 15) is 14.4 Å². The molecule has 2 aromatic rings. The normalized spacial score (nSPS) is 21.1. The van der Waals surface area contributed by atoms with Gasteiger partial charge in [-0.2, -0.15) is 0 Å². The van der Waals surface area contributed by atoms with Gasteiger partial charge in [-0.05, 0) is 67.9 Å². The Morgan fingerprint density at radius 3 is 2.53 bits per heavy atom. The molecule has 2 aliphatic heterocycles. The Hall–Kier alpha value is -3.00. The number of amides is 4. The molecule has 0 bridgehead atoms. The van der Waals surface area contributed by atoms with Crippen molar-refractivity contribution in [2.24, 2.45) is 5.41 Å². The quantitative estimate of drug-likeness (QED) is 0.624. The van der Waals surface area contributed by atoms with Gasteiger partial charge >= 0.3 is 6.03 Å². The van der Waals surface area contributed by atoms with Crippen molar-refractivity contribution in [1.29, 1.82) is 0 Å². The average molecular weight is 507 g/mol. The lowest BCUT2D eigenvalue weighted by Gasteiger charge is -2.40. The Morgan fingerprint density at radius 2 is 1.78 bits per heavy atom. The zero-order valence-corrected chi connectivity index (χ0v) is 21.6. The summed E-state index contributed by atoms with van der Waals surface area (Å²) in [5, 5.41) is 5.66. The maximum Gasteiger partial charge on any atom is 0.319 e. The number of nitrogens with zero attached hydrogens (tertiary/aromatic N) is 2. The number of anilines is 2. The molecule has 1 saturated heterocycles. The minimum atomic E-state index is -0.747. The largest absolute Gasteiger partial charge is 0.341 e. The van der Waals surface area contributed by atoms with Crippen LogP contribution in [0.3, 0.4) is 0 Å². The molecule has 1 saturated carbocycles. The van der Waals surface area contributed by atoms with E-state index in [4.69, 9.17) is 0 Å². The van der Waals surface area contributed by atoms with Crippen LogP contribution < -0.4 is 15.5 Å². The van der Waals surface area contributed by atoms with E-state index in [0.717, 1.165) is 42.1 Å². The summed E-state index contributed by atoms with van der Waals surface area (Å²) in [6, 6.07) is 14.0. The van der Waals surface area contributed by atoms with Gasteiger partial charge in [0.25, 0.3) is 5.91 Å². The standard InChI is InChI=1S/C28H34N4O3S/c1-20-7-6-8-21(17-20)29-27(35)30-22-19-36-24-10-3-2-9-23(24)32(26(22)34)18-25(33)31-15-13-28(14-16-31)11-4-5-12-28/h2-3,6-10,17,22H,4-5,11-16,18-19H2,1H3,(H2,29,30,35)/t22-/m1/s1. The Labute approximate surface area is 217 Å². The molecular weight excluding hydrogens is 472 g/mol. The van der Waals surface area contributed by atoms with Crippen LogP contribution in [0.4, 0.5) is 16.2 Å². The first-order valence-corrected chi connectivity index (χ1v) is 13.9. The van der Waals surface area contributed by atoms with Gasteiger partial charge in [0.2, 0.25) is 5.91 Å². The van der Waals surface area contributed by atoms with E-state index in [1.54, 1.807) is 4.90 Å². The molecule has 3 aliphatic rings. The number of carbonyl (C=O) groups is 3. The topological polar surface area (TPSA) is 81.8 Å². The fourth-order valence-corrected chi connectivity index (χ4v) is 6.83. The van der Waals surface area contributed by atoms with E-state index in [-0.39, 0.29) is 18.4 Å². The average Bonchev–Trinajstić information content (AvgIpc) is 3.28. The van der Waals surface area contributed by atoms with E-state index < -0.39 is 12.1 Å². The molecule has 4 amide bonds. The van der Waals surface area contributed by atoms with Crippen LogP contribution in [-0.4, -0.2) is 54.2 Å². The summed E-state index contributed by atoms with van der Waals surface area (Å²) < 4.78 is 0. The highest BCUT2D eigenvalue weighted by Crippen LogP contribution is 2.46. The fourth-order valence-electron chi connectivity index (χ4n) is 5.76. The minimum absolute atomic E-state index is 0.0128. The molecule has 0 unspecified atom stereocenters. The monoisotopic (exact) mass is 506 g/mol. The molecule has 0 radical (unpaired) electrons. The fraction of sp³-hybridized carbons (Fsp3) is 0.464. The number of thioether (sulfide) groups is 1. The van der Waals surface area contributed by atoms with Crippen LogP contribution >= 0.6 is 11.8 Å². The van der Waals surface area contributed by atoms with Crippen molar-refractivity contribution in [3.8, 4) is 0 Å². The number of benzene rings is 2. The lowest BCUT2D eigenvalue weighted by Crippen LogP contribution is -2.53. The molecule has 1 spiro atoms. The summed E-state index contributed by atoms with van der Waals surface area (Å²) in [7, 11) is 0. The highest BCUT2D eigenvalue weighted by molar-refractivity contribution is 7.99. The number of piperidine rings is 1. The first-order chi connectivity index (χ1) is 17.4. The van der Waals surface area contributed by atoms with Crippen molar-refractivity contribution in [3.63, 3.8) is 0 Å². The number of rotatable bonds is 4. The second-order valence-electron chi connectivity index (χ2n) is 10.3. The maximum atomic E-state index is 13.7. The number of likely N-dealkylation sites (tertiary alicyclic amines) is 1. The molecule has 2 fully saturated rings. The van der Waals surface area contributed by atoms with Crippen molar-refractivity contribution >= 4 is 41.0 Å². The van der Waals surface area contributed by atoms with Gasteiger partial charge in [-0.25, -0.2) is 4.79 Å². The van der Waals surface area contributed by atoms with E-state index in [1.807, 2.05) is 60.4 Å². The van der Waals surface area contributed by atoms with Crippen molar-refractivity contribution < 1.29 is 14.4 Å². The van der Waals surface area contributed by atoms with Crippen molar-refractivity contribution in [1.82, 2.24) is 10.2 Å². The van der Waals surface area contributed by atoms with Gasteiger partial charge in [-0.15, -0.1) is 11.8 Å². The van der Waals surface area contributed by atoms with Crippen molar-refractivity contribution in [2.75, 3.05) is 35.6 Å². The summed E-state index contributed by atoms with van der Waals surface area (Å²) in [6.45, 7) is 3.47. The van der Waals surface area contributed by atoms with E-state index in [0.29, 0.717) is 16.9 Å². The SMILES string of the molecule is Cc1cccc(NC(=O)N[C@@H]2CSc3ccccc3N(CC(=O)N3CCC4(CCCC4)CC3)C2=O)c1. The van der Waals surface area contributed by atoms with Crippen molar-refractivity contribution in [2.45, 2.75) is 56.4 Å². The van der Waals surface area contributed by atoms with Crippen LogP contribution in [0.2, 0.25) is 0 Å². The van der Waals surface area contributed by atoms with E-state index in [2.05, 4.69) is 10.6 Å². The maximum absolute atomic E-state index is 13.7. The number of urea groups is 1. The Bertz CT molecular complexity index is 1140. The van der Waals surface area contributed by atoms with Crippen LogP contribution in [0, 0.1) is 12.3 Å². The van der Waals surface area contributed by atoms with Gasteiger partial charge in [0, 0.05) is 29.4 Å². The number of fused-ring (bicyclic) bond motifs is 1. The number of para-hydroxylation sites is 1. The first-order valence-electron chi connectivity index (χ1n) is 12.9. The summed E-state index contributed by atoms with van der Waals surface area (Å²) in [5.74, 6) is 0.110. The van der Waals surface area contributed by atoms with E-state index in [1.165, 1.54) is 37.4 Å². The second-order valence-corrected chi connectivity index (χ2v) is 11.4. The smallest absolute Gasteiger partial charge is 0.319 e. The van der Waals surface area contributed by atoms with Gasteiger partial charge in [0.15, 0.2) is 0 Å². The predicted octanol–water partition coefficient (Wildman–Crippen LogP) is 4.81. The van der Waals surface area contributed by atoms with Crippen LogP contribution in [0.5, 0.6) is 0 Å². The minimum Gasteiger partial charge on any atom is -0.341 e. The molecular formula is C28H34N4O3S. The Balaban J connectivity index is 1.28. The molecule has 36 heavy (non-hydrogen) atoms. The third-order valence-corrected chi connectivity index (χ3v) is 9.00. The summed E-state index contributed by atoms with van der Waals surface area (Å²) in [6.07, 6.45) is 7.28. The molecule has 2 heterocycles. The zero-order chi connectivity index (χ0) is 25.1. The van der Waals surface area contributed by atoms with Gasteiger partial charge in [-0.1, -0.05) is 37.1 Å². The summed E-state index contributed by atoms with van der Waals surface area (Å²) >= 11 is 1.52. The van der Waals surface area contributed by atoms with Crippen molar-refractivity contribution in [3.05, 3.63) is 54.1 Å². The van der Waals surface area contributed by atoms with Gasteiger partial charge in [0.1, 0.15) is 12.6 Å². The number of hydrogen-bond donors (Lipinski definition) is 2. The lowest BCUT2D eigenvalue weighted by atomic mass is 9.77. The molecule has 1 atom stereocenters. The molecule has 5 rings (SSSR count). The number of nitrogens with one attached hydrogen (secondary N) is 2. The third kappa shape index (κ3) is 5.38. The molecule has 190 valence electrons. The molecule has 2 aromatic carbocycles. The predicted molar refractivity (Wildman–Crippen MR) is 143 cm³/mol. The molecule has 7 nitrogen and oxygen atoms in total. The number of hydrogen-bond acceptors (Lipinski definition) is 4. The Morgan fingerprint density at radius 1 is 1.03 bits per heavy atom. The molecule has 0 aromatic heterocycles. The lowest BCUT2D eigenvalue weighted by molar-refractivity contribution is -0.133. The molecule has 1 aliphatic carbocycles. The van der Waals surface area contributed by atoms with Crippen LogP contribution in [0.15, 0.2) is 53.4 Å². The second kappa shape index (κ2) is 10.5. The van der Waals surface area contributed by atoms with Gasteiger partial charge < -0.3 is 20.4 Å². The first kappa shape index (κ1) is 24.7. The van der Waals surface area contributed by atoms with Crippen LogP contribution in [0.1, 0.15) is 44.1 Å². The number of aryl methyl sites for hydroxylation is 1. The number of carbonyl (C=O) groups excluding carboxylic acids is 3. The summed E-state index contributed by atoms with van der Waals surface area (Å²) in [4.78, 5) is 44.2. The van der Waals surface area contributed by atoms with Gasteiger partial charge in [0.05, 0.1) is 5.69 Å². The highest BCUT2D eigenvalue weighted by atomic mass is 32.2. The third-order valence-electron chi connectivity index (χ3n) is 7.84. The van der Waals surface area contributed by atoms with E-state index >= 15 is 0 Å². The molecule has 8 heteroatoms. The van der Waals surface area contributed by atoms with Crippen LogP contribution in [0.25, 0.3) is 0 Å². The highest BCUT2D eigenvalue weighted by Gasteiger charge is 2.39.